The van der Waals surface area contributed by atoms with Crippen LogP contribution in [0.4, 0.5) is 0 Å². The van der Waals surface area contributed by atoms with E-state index in [1.165, 1.54) is 0 Å². The van der Waals surface area contributed by atoms with E-state index < -0.39 is 0 Å². The van der Waals surface area contributed by atoms with Gasteiger partial charge in [0, 0.05) is 44.1 Å². The second kappa shape index (κ2) is 6.28. The molecular weight excluding hydrogens is 266 g/mol. The highest BCUT2D eigenvalue weighted by Gasteiger charge is 2.14. The average molecular weight is 287 g/mol. The Morgan fingerprint density at radius 3 is 2.81 bits per heavy atom. The number of fused-ring (bicyclic) bond motifs is 1. The first-order valence-electron chi connectivity index (χ1n) is 7.38. The summed E-state index contributed by atoms with van der Waals surface area (Å²) in [4.78, 5) is 14.6. The van der Waals surface area contributed by atoms with Crippen molar-refractivity contribution in [1.29, 1.82) is 0 Å². The highest BCUT2D eigenvalue weighted by molar-refractivity contribution is 5.98. The summed E-state index contributed by atoms with van der Waals surface area (Å²) in [6.07, 6.45) is 0. The molecule has 1 aliphatic rings. The lowest BCUT2D eigenvalue weighted by Gasteiger charge is -2.26. The van der Waals surface area contributed by atoms with Gasteiger partial charge in [0.1, 0.15) is 5.69 Å². The second-order valence-corrected chi connectivity index (χ2v) is 5.36. The van der Waals surface area contributed by atoms with Crippen LogP contribution in [0.5, 0.6) is 0 Å². The summed E-state index contributed by atoms with van der Waals surface area (Å²) in [6, 6.07) is 9.98. The zero-order valence-electron chi connectivity index (χ0n) is 12.3. The van der Waals surface area contributed by atoms with E-state index in [2.05, 4.69) is 10.2 Å². The number of nitrogens with one attached hydrogen (secondary N) is 1. The molecule has 0 bridgehead atoms. The van der Waals surface area contributed by atoms with Gasteiger partial charge in [-0.25, -0.2) is 0 Å². The summed E-state index contributed by atoms with van der Waals surface area (Å²) in [5.74, 6) is -0.0121. The van der Waals surface area contributed by atoms with Gasteiger partial charge in [-0.3, -0.25) is 9.69 Å². The van der Waals surface area contributed by atoms with Crippen molar-refractivity contribution in [2.45, 2.75) is 0 Å². The van der Waals surface area contributed by atoms with Gasteiger partial charge in [-0.1, -0.05) is 18.2 Å². The van der Waals surface area contributed by atoms with Crippen molar-refractivity contribution >= 4 is 16.8 Å². The Balaban J connectivity index is 1.60. The molecule has 1 amide bonds. The lowest BCUT2D eigenvalue weighted by atomic mass is 10.2. The molecule has 2 heterocycles. The minimum Gasteiger partial charge on any atom is -0.379 e. The van der Waals surface area contributed by atoms with Crippen molar-refractivity contribution < 1.29 is 9.53 Å². The Morgan fingerprint density at radius 2 is 2.05 bits per heavy atom. The van der Waals surface area contributed by atoms with Crippen LogP contribution in [0.25, 0.3) is 10.9 Å². The zero-order chi connectivity index (χ0) is 14.7. The van der Waals surface area contributed by atoms with Crippen molar-refractivity contribution in [2.24, 2.45) is 7.05 Å². The Morgan fingerprint density at radius 1 is 1.29 bits per heavy atom. The van der Waals surface area contributed by atoms with Gasteiger partial charge in [-0.15, -0.1) is 0 Å². The van der Waals surface area contributed by atoms with Gasteiger partial charge in [-0.2, -0.15) is 0 Å². The maximum atomic E-state index is 12.3. The number of hydrogen-bond donors (Lipinski definition) is 1. The van der Waals surface area contributed by atoms with Crippen LogP contribution in [0.3, 0.4) is 0 Å². The molecule has 0 unspecified atom stereocenters. The van der Waals surface area contributed by atoms with Gasteiger partial charge >= 0.3 is 0 Å². The molecule has 2 aromatic rings. The molecule has 3 rings (SSSR count). The van der Waals surface area contributed by atoms with E-state index in [-0.39, 0.29) is 5.91 Å². The molecule has 0 atom stereocenters. The molecule has 0 saturated carbocycles. The standard InChI is InChI=1S/C16H21N3O2/c1-18-14-5-3-2-4-13(14)12-15(18)16(20)17-6-7-19-8-10-21-11-9-19/h2-5,12H,6-11H2,1H3,(H,17,20). The Bertz CT molecular complexity index is 629. The number of amides is 1. The number of ether oxygens (including phenoxy) is 1. The summed E-state index contributed by atoms with van der Waals surface area (Å²) in [5.41, 5.74) is 1.79. The maximum Gasteiger partial charge on any atom is 0.267 e. The second-order valence-electron chi connectivity index (χ2n) is 5.36. The molecule has 1 fully saturated rings. The summed E-state index contributed by atoms with van der Waals surface area (Å²) < 4.78 is 7.26. The zero-order valence-corrected chi connectivity index (χ0v) is 12.3. The number of para-hydroxylation sites is 1. The van der Waals surface area contributed by atoms with Crippen LogP contribution in [0.15, 0.2) is 30.3 Å². The monoisotopic (exact) mass is 287 g/mol. The van der Waals surface area contributed by atoms with Crippen molar-refractivity contribution in [2.75, 3.05) is 39.4 Å². The van der Waals surface area contributed by atoms with Crippen molar-refractivity contribution in [3.63, 3.8) is 0 Å². The molecule has 1 aliphatic heterocycles. The van der Waals surface area contributed by atoms with Gasteiger partial charge in [0.05, 0.1) is 13.2 Å². The molecule has 112 valence electrons. The van der Waals surface area contributed by atoms with E-state index in [9.17, 15) is 4.79 Å². The average Bonchev–Trinajstić information content (AvgIpc) is 2.86. The third kappa shape index (κ3) is 3.09. The van der Waals surface area contributed by atoms with E-state index >= 15 is 0 Å². The normalized spacial score (nSPS) is 16.2. The summed E-state index contributed by atoms with van der Waals surface area (Å²) in [6.45, 7) is 5.02. The number of carbonyl (C=O) groups excluding carboxylic acids is 1. The minimum atomic E-state index is -0.0121. The van der Waals surface area contributed by atoms with Crippen LogP contribution in [0.1, 0.15) is 10.5 Å². The SMILES string of the molecule is Cn1c(C(=O)NCCN2CCOCC2)cc2ccccc21. The molecule has 1 saturated heterocycles. The lowest BCUT2D eigenvalue weighted by Crippen LogP contribution is -2.41. The first-order valence-corrected chi connectivity index (χ1v) is 7.38. The first kappa shape index (κ1) is 14.1. The Labute approximate surface area is 124 Å². The van der Waals surface area contributed by atoms with Gasteiger partial charge in [0.15, 0.2) is 0 Å². The van der Waals surface area contributed by atoms with Crippen LogP contribution in [0.2, 0.25) is 0 Å². The predicted octanol–water partition coefficient (Wildman–Crippen LogP) is 1.24. The van der Waals surface area contributed by atoms with Crippen LogP contribution >= 0.6 is 0 Å². The molecule has 21 heavy (non-hydrogen) atoms. The molecule has 1 aromatic heterocycles. The number of aryl methyl sites for hydroxylation is 1. The maximum absolute atomic E-state index is 12.3. The van der Waals surface area contributed by atoms with E-state index in [4.69, 9.17) is 4.74 Å². The van der Waals surface area contributed by atoms with Crippen LogP contribution in [0, 0.1) is 0 Å². The Hall–Kier alpha value is -1.85. The van der Waals surface area contributed by atoms with Crippen molar-refractivity contribution in [3.8, 4) is 0 Å². The number of rotatable bonds is 4. The Kier molecular flexibility index (Phi) is 4.22. The smallest absolute Gasteiger partial charge is 0.267 e. The van der Waals surface area contributed by atoms with Gasteiger partial charge < -0.3 is 14.6 Å². The summed E-state index contributed by atoms with van der Waals surface area (Å²) in [7, 11) is 1.93. The van der Waals surface area contributed by atoms with Gasteiger partial charge in [0.25, 0.3) is 5.91 Å². The van der Waals surface area contributed by atoms with Gasteiger partial charge in [-0.05, 0) is 12.1 Å². The minimum absolute atomic E-state index is 0.0121. The van der Waals surface area contributed by atoms with E-state index in [0.717, 1.165) is 43.8 Å². The highest BCUT2D eigenvalue weighted by Crippen LogP contribution is 2.17. The quantitative estimate of drug-likeness (QED) is 0.920. The number of morpholine rings is 1. The molecule has 1 aromatic carbocycles. The topological polar surface area (TPSA) is 46.5 Å². The van der Waals surface area contributed by atoms with Crippen LogP contribution in [-0.2, 0) is 11.8 Å². The number of hydrogen-bond acceptors (Lipinski definition) is 3. The number of aromatic nitrogens is 1. The number of carbonyl (C=O) groups is 1. The molecular formula is C16H21N3O2. The van der Waals surface area contributed by atoms with E-state index in [1.54, 1.807) is 0 Å². The van der Waals surface area contributed by atoms with Crippen LogP contribution in [-0.4, -0.2) is 54.8 Å². The van der Waals surface area contributed by atoms with Crippen LogP contribution < -0.4 is 5.32 Å². The summed E-state index contributed by atoms with van der Waals surface area (Å²) in [5, 5.41) is 4.10. The lowest BCUT2D eigenvalue weighted by molar-refractivity contribution is 0.0383. The fraction of sp³-hybridized carbons (Fsp3) is 0.438. The molecule has 5 heteroatoms. The molecule has 5 nitrogen and oxygen atoms in total. The van der Waals surface area contributed by atoms with Crippen molar-refractivity contribution in [3.05, 3.63) is 36.0 Å². The van der Waals surface area contributed by atoms with Crippen molar-refractivity contribution in [1.82, 2.24) is 14.8 Å². The third-order valence-electron chi connectivity index (χ3n) is 4.00. The highest BCUT2D eigenvalue weighted by atomic mass is 16.5. The molecule has 0 radical (unpaired) electrons. The molecule has 1 N–H and O–H groups in total. The largest absolute Gasteiger partial charge is 0.379 e. The number of nitrogens with zero attached hydrogens (tertiary/aromatic N) is 2. The third-order valence-corrected chi connectivity index (χ3v) is 4.00. The predicted molar refractivity (Wildman–Crippen MR) is 82.5 cm³/mol. The fourth-order valence-electron chi connectivity index (χ4n) is 2.75. The number of benzene rings is 1. The van der Waals surface area contributed by atoms with Gasteiger partial charge in [0.2, 0.25) is 0 Å². The fourth-order valence-corrected chi connectivity index (χ4v) is 2.75. The van der Waals surface area contributed by atoms with E-state index in [0.29, 0.717) is 12.2 Å². The van der Waals surface area contributed by atoms with E-state index in [1.807, 2.05) is 41.9 Å². The summed E-state index contributed by atoms with van der Waals surface area (Å²) >= 11 is 0. The first-order chi connectivity index (χ1) is 10.3. The molecule has 0 aliphatic carbocycles. The molecule has 0 spiro atoms.